The van der Waals surface area contributed by atoms with Gasteiger partial charge in [-0.2, -0.15) is 0 Å². The van der Waals surface area contributed by atoms with Crippen LogP contribution in [0.2, 0.25) is 0 Å². The Morgan fingerprint density at radius 2 is 1.44 bits per heavy atom. The van der Waals surface area contributed by atoms with Gasteiger partial charge in [-0.05, 0) is 38.8 Å². The highest BCUT2D eigenvalue weighted by atomic mass is 15.1. The number of rotatable bonds is 8. The summed E-state index contributed by atoms with van der Waals surface area (Å²) in [6.07, 6.45) is 14.3. The summed E-state index contributed by atoms with van der Waals surface area (Å²) in [6, 6.07) is 0.928. The van der Waals surface area contributed by atoms with E-state index in [1.807, 2.05) is 0 Å². The van der Waals surface area contributed by atoms with Crippen LogP contribution in [-0.4, -0.2) is 24.0 Å². The highest BCUT2D eigenvalue weighted by Gasteiger charge is 2.19. The monoisotopic (exact) mass is 225 g/mol. The third-order valence-electron chi connectivity index (χ3n) is 3.94. The molecule has 1 saturated carbocycles. The maximum absolute atomic E-state index is 2.80. The minimum atomic E-state index is 0.928. The second kappa shape index (κ2) is 9.04. The Bertz CT molecular complexity index is 150. The van der Waals surface area contributed by atoms with E-state index in [0.717, 1.165) is 6.04 Å². The van der Waals surface area contributed by atoms with Gasteiger partial charge in [0, 0.05) is 6.04 Å². The van der Waals surface area contributed by atoms with Crippen molar-refractivity contribution in [3.8, 4) is 0 Å². The van der Waals surface area contributed by atoms with Crippen molar-refractivity contribution < 1.29 is 0 Å². The molecule has 0 saturated heterocycles. The first-order chi connectivity index (χ1) is 7.88. The first kappa shape index (κ1) is 14.0. The van der Waals surface area contributed by atoms with Crippen molar-refractivity contribution in [2.24, 2.45) is 0 Å². The molecule has 1 aliphatic carbocycles. The SMILES string of the molecule is CCCCCN(CCCC)C1CCCCC1. The molecule has 1 rings (SSSR count). The Balaban J connectivity index is 2.28. The molecule has 0 bridgehead atoms. The van der Waals surface area contributed by atoms with Crippen molar-refractivity contribution in [3.63, 3.8) is 0 Å². The van der Waals surface area contributed by atoms with Crippen LogP contribution >= 0.6 is 0 Å². The molecule has 1 nitrogen and oxygen atoms in total. The summed E-state index contributed by atoms with van der Waals surface area (Å²) in [7, 11) is 0. The lowest BCUT2D eigenvalue weighted by molar-refractivity contribution is 0.151. The zero-order valence-corrected chi connectivity index (χ0v) is 11.5. The van der Waals surface area contributed by atoms with Crippen molar-refractivity contribution in [2.45, 2.75) is 84.1 Å². The van der Waals surface area contributed by atoms with Crippen molar-refractivity contribution in [2.75, 3.05) is 13.1 Å². The summed E-state index contributed by atoms with van der Waals surface area (Å²) in [4.78, 5) is 2.80. The van der Waals surface area contributed by atoms with Gasteiger partial charge in [-0.1, -0.05) is 52.4 Å². The maximum atomic E-state index is 2.80. The molecule has 0 N–H and O–H groups in total. The molecular formula is C15H31N. The topological polar surface area (TPSA) is 3.24 Å². The molecule has 0 radical (unpaired) electrons. The zero-order valence-electron chi connectivity index (χ0n) is 11.5. The van der Waals surface area contributed by atoms with E-state index in [1.54, 1.807) is 0 Å². The Kier molecular flexibility index (Phi) is 7.92. The van der Waals surface area contributed by atoms with Crippen LogP contribution in [0.1, 0.15) is 78.1 Å². The van der Waals surface area contributed by atoms with Gasteiger partial charge in [-0.3, -0.25) is 0 Å². The van der Waals surface area contributed by atoms with E-state index >= 15 is 0 Å². The second-order valence-electron chi connectivity index (χ2n) is 5.39. The van der Waals surface area contributed by atoms with Gasteiger partial charge in [-0.25, -0.2) is 0 Å². The van der Waals surface area contributed by atoms with Crippen LogP contribution in [0.5, 0.6) is 0 Å². The van der Waals surface area contributed by atoms with Crippen LogP contribution in [0.3, 0.4) is 0 Å². The summed E-state index contributed by atoms with van der Waals surface area (Å²) in [6.45, 7) is 7.32. The van der Waals surface area contributed by atoms with E-state index in [4.69, 9.17) is 0 Å². The maximum Gasteiger partial charge on any atom is 0.00952 e. The highest BCUT2D eigenvalue weighted by Crippen LogP contribution is 2.23. The lowest BCUT2D eigenvalue weighted by Crippen LogP contribution is -2.38. The van der Waals surface area contributed by atoms with Gasteiger partial charge < -0.3 is 4.90 Å². The minimum Gasteiger partial charge on any atom is -0.300 e. The lowest BCUT2D eigenvalue weighted by atomic mass is 9.93. The van der Waals surface area contributed by atoms with Crippen molar-refractivity contribution in [1.29, 1.82) is 0 Å². The van der Waals surface area contributed by atoms with Gasteiger partial charge in [0.15, 0.2) is 0 Å². The molecule has 0 spiro atoms. The van der Waals surface area contributed by atoms with Crippen molar-refractivity contribution >= 4 is 0 Å². The van der Waals surface area contributed by atoms with Crippen LogP contribution in [0, 0.1) is 0 Å². The molecule has 0 aromatic rings. The molecular weight excluding hydrogens is 194 g/mol. The van der Waals surface area contributed by atoms with Crippen LogP contribution < -0.4 is 0 Å². The molecule has 0 unspecified atom stereocenters. The molecule has 0 heterocycles. The minimum absolute atomic E-state index is 0.928. The van der Waals surface area contributed by atoms with Gasteiger partial charge in [0.1, 0.15) is 0 Å². The summed E-state index contributed by atoms with van der Waals surface area (Å²) >= 11 is 0. The quantitative estimate of drug-likeness (QED) is 0.545. The number of hydrogen-bond donors (Lipinski definition) is 0. The predicted octanol–water partition coefficient (Wildman–Crippen LogP) is 4.61. The molecule has 1 fully saturated rings. The fourth-order valence-corrected chi connectivity index (χ4v) is 2.85. The Morgan fingerprint density at radius 1 is 0.812 bits per heavy atom. The van der Waals surface area contributed by atoms with Crippen LogP contribution in [0.15, 0.2) is 0 Å². The Labute approximate surface area is 103 Å². The highest BCUT2D eigenvalue weighted by molar-refractivity contribution is 4.75. The first-order valence-corrected chi connectivity index (χ1v) is 7.62. The second-order valence-corrected chi connectivity index (χ2v) is 5.39. The third-order valence-corrected chi connectivity index (χ3v) is 3.94. The normalized spacial score (nSPS) is 18.2. The fourth-order valence-electron chi connectivity index (χ4n) is 2.85. The van der Waals surface area contributed by atoms with E-state index in [-0.39, 0.29) is 0 Å². The first-order valence-electron chi connectivity index (χ1n) is 7.62. The van der Waals surface area contributed by atoms with E-state index in [1.165, 1.54) is 77.3 Å². The summed E-state index contributed by atoms with van der Waals surface area (Å²) in [5.41, 5.74) is 0. The molecule has 1 aliphatic rings. The number of unbranched alkanes of at least 4 members (excludes halogenated alkanes) is 3. The average molecular weight is 225 g/mol. The largest absolute Gasteiger partial charge is 0.300 e. The number of hydrogen-bond acceptors (Lipinski definition) is 1. The van der Waals surface area contributed by atoms with Crippen molar-refractivity contribution in [3.05, 3.63) is 0 Å². The molecule has 0 aromatic heterocycles. The van der Waals surface area contributed by atoms with Crippen LogP contribution in [0.4, 0.5) is 0 Å². The van der Waals surface area contributed by atoms with E-state index in [0.29, 0.717) is 0 Å². The molecule has 0 aromatic carbocycles. The van der Waals surface area contributed by atoms with Gasteiger partial charge in [0.05, 0.1) is 0 Å². The smallest absolute Gasteiger partial charge is 0.00952 e. The Morgan fingerprint density at radius 3 is 2.06 bits per heavy atom. The average Bonchev–Trinajstić information content (AvgIpc) is 2.35. The fraction of sp³-hybridized carbons (Fsp3) is 1.00. The molecule has 1 heteroatoms. The standard InChI is InChI=1S/C15H31N/c1-3-5-10-14-16(13-6-4-2)15-11-8-7-9-12-15/h15H,3-14H2,1-2H3. The van der Waals surface area contributed by atoms with E-state index < -0.39 is 0 Å². The van der Waals surface area contributed by atoms with Gasteiger partial charge in [-0.15, -0.1) is 0 Å². The van der Waals surface area contributed by atoms with E-state index in [9.17, 15) is 0 Å². The third kappa shape index (κ3) is 5.34. The Hall–Kier alpha value is -0.0400. The molecule has 96 valence electrons. The summed E-state index contributed by atoms with van der Waals surface area (Å²) in [5.74, 6) is 0. The molecule has 0 atom stereocenters. The van der Waals surface area contributed by atoms with Gasteiger partial charge >= 0.3 is 0 Å². The van der Waals surface area contributed by atoms with Crippen LogP contribution in [0.25, 0.3) is 0 Å². The van der Waals surface area contributed by atoms with Crippen molar-refractivity contribution in [1.82, 2.24) is 4.90 Å². The molecule has 0 amide bonds. The predicted molar refractivity (Wildman–Crippen MR) is 72.9 cm³/mol. The van der Waals surface area contributed by atoms with Gasteiger partial charge in [0.25, 0.3) is 0 Å². The summed E-state index contributed by atoms with van der Waals surface area (Å²) < 4.78 is 0. The van der Waals surface area contributed by atoms with Crippen LogP contribution in [-0.2, 0) is 0 Å². The number of nitrogens with zero attached hydrogens (tertiary/aromatic N) is 1. The van der Waals surface area contributed by atoms with Gasteiger partial charge in [0.2, 0.25) is 0 Å². The summed E-state index contributed by atoms with van der Waals surface area (Å²) in [5, 5.41) is 0. The molecule has 0 aliphatic heterocycles. The van der Waals surface area contributed by atoms with E-state index in [2.05, 4.69) is 18.7 Å². The molecule has 16 heavy (non-hydrogen) atoms. The lowest BCUT2D eigenvalue weighted by Gasteiger charge is -2.34. The zero-order chi connectivity index (χ0) is 11.6.